The van der Waals surface area contributed by atoms with Gasteiger partial charge in [0.05, 0.1) is 12.2 Å². The second kappa shape index (κ2) is 7.88. The van der Waals surface area contributed by atoms with Crippen molar-refractivity contribution in [3.8, 4) is 11.3 Å². The first kappa shape index (κ1) is 17.7. The Bertz CT molecular complexity index is 1130. The van der Waals surface area contributed by atoms with Crippen LogP contribution in [0.15, 0.2) is 78.9 Å². The van der Waals surface area contributed by atoms with Crippen molar-refractivity contribution in [3.05, 3.63) is 84.4 Å². The van der Waals surface area contributed by atoms with Crippen molar-refractivity contribution >= 4 is 28.2 Å². The lowest BCUT2D eigenvalue weighted by molar-refractivity contribution is 0.0526. The fraction of sp³-hybridized carbons (Fsp3) is 0.0870. The number of carbonyl (C=O) groups excluding carboxylic acids is 1. The van der Waals surface area contributed by atoms with Gasteiger partial charge in [0, 0.05) is 22.0 Å². The summed E-state index contributed by atoms with van der Waals surface area (Å²) in [5.74, 6) is 0.290. The van der Waals surface area contributed by atoms with Crippen LogP contribution in [0.1, 0.15) is 17.3 Å². The molecule has 1 heterocycles. The summed E-state index contributed by atoms with van der Waals surface area (Å²) in [6, 6.07) is 25.2. The molecule has 0 aliphatic carbocycles. The molecule has 138 valence electrons. The molecule has 4 aromatic rings. The predicted octanol–water partition coefficient (Wildman–Crippen LogP) is 5.22. The number of nitrogens with zero attached hydrogens (tertiary/aromatic N) is 2. The molecule has 0 unspecified atom stereocenters. The summed E-state index contributed by atoms with van der Waals surface area (Å²) >= 11 is 0. The van der Waals surface area contributed by atoms with Crippen molar-refractivity contribution in [1.82, 2.24) is 10.2 Å². The highest BCUT2D eigenvalue weighted by Crippen LogP contribution is 2.31. The van der Waals surface area contributed by atoms with Gasteiger partial charge in [-0.1, -0.05) is 60.7 Å². The van der Waals surface area contributed by atoms with Gasteiger partial charge in [0.25, 0.3) is 0 Å². The standard InChI is InChI=1S/C23H19N3O2/c1-2-28-23(27)17-11-8-12-18(15-17)24-22-20-14-7-6-13-19(20)21(25-26-22)16-9-4-3-5-10-16/h3-15H,2H2,1H3,(H,24,26). The first-order chi connectivity index (χ1) is 13.8. The number of ether oxygens (including phenoxy) is 1. The summed E-state index contributed by atoms with van der Waals surface area (Å²) in [4.78, 5) is 12.0. The van der Waals surface area contributed by atoms with Crippen LogP contribution in [0.25, 0.3) is 22.0 Å². The fourth-order valence-corrected chi connectivity index (χ4v) is 3.08. The van der Waals surface area contributed by atoms with Crippen LogP contribution in [0.4, 0.5) is 11.5 Å². The molecule has 5 heteroatoms. The third-order valence-corrected chi connectivity index (χ3v) is 4.37. The molecule has 1 N–H and O–H groups in total. The molecule has 0 saturated heterocycles. The molecule has 0 amide bonds. The largest absolute Gasteiger partial charge is 0.462 e. The summed E-state index contributed by atoms with van der Waals surface area (Å²) in [5.41, 5.74) is 3.09. The number of hydrogen-bond donors (Lipinski definition) is 1. The van der Waals surface area contributed by atoms with E-state index in [1.165, 1.54) is 0 Å². The third-order valence-electron chi connectivity index (χ3n) is 4.37. The van der Waals surface area contributed by atoms with E-state index in [1.54, 1.807) is 19.1 Å². The van der Waals surface area contributed by atoms with Crippen molar-refractivity contribution in [2.75, 3.05) is 11.9 Å². The van der Waals surface area contributed by atoms with Crippen LogP contribution in [0, 0.1) is 0 Å². The highest BCUT2D eigenvalue weighted by Gasteiger charge is 2.12. The second-order valence-corrected chi connectivity index (χ2v) is 6.24. The van der Waals surface area contributed by atoms with Crippen LogP contribution >= 0.6 is 0 Å². The number of rotatable bonds is 5. The zero-order valence-corrected chi connectivity index (χ0v) is 15.4. The van der Waals surface area contributed by atoms with Gasteiger partial charge in [0.1, 0.15) is 5.69 Å². The summed E-state index contributed by atoms with van der Waals surface area (Å²) in [6.07, 6.45) is 0. The summed E-state index contributed by atoms with van der Waals surface area (Å²) in [5, 5.41) is 14.1. The molecular weight excluding hydrogens is 350 g/mol. The Hall–Kier alpha value is -3.73. The molecule has 5 nitrogen and oxygen atoms in total. The average molecular weight is 369 g/mol. The minimum absolute atomic E-state index is 0.341. The van der Waals surface area contributed by atoms with Crippen LogP contribution in [0.5, 0.6) is 0 Å². The molecule has 0 aliphatic rings. The number of benzene rings is 3. The number of aromatic nitrogens is 2. The van der Waals surface area contributed by atoms with Gasteiger partial charge < -0.3 is 10.1 Å². The summed E-state index contributed by atoms with van der Waals surface area (Å²) in [7, 11) is 0. The van der Waals surface area contributed by atoms with Crippen LogP contribution in [-0.4, -0.2) is 22.8 Å². The van der Waals surface area contributed by atoms with Gasteiger partial charge in [-0.15, -0.1) is 10.2 Å². The molecule has 28 heavy (non-hydrogen) atoms. The summed E-state index contributed by atoms with van der Waals surface area (Å²) < 4.78 is 5.07. The zero-order chi connectivity index (χ0) is 19.3. The normalized spacial score (nSPS) is 10.6. The van der Waals surface area contributed by atoms with E-state index < -0.39 is 0 Å². The van der Waals surface area contributed by atoms with Gasteiger partial charge in [0.2, 0.25) is 0 Å². The van der Waals surface area contributed by atoms with Crippen molar-refractivity contribution in [1.29, 1.82) is 0 Å². The molecule has 0 saturated carbocycles. The van der Waals surface area contributed by atoms with Gasteiger partial charge in [-0.25, -0.2) is 4.79 Å². The monoisotopic (exact) mass is 369 g/mol. The number of anilines is 2. The molecule has 0 aliphatic heterocycles. The van der Waals surface area contributed by atoms with E-state index in [0.717, 1.165) is 27.7 Å². The molecular formula is C23H19N3O2. The van der Waals surface area contributed by atoms with Crippen molar-refractivity contribution in [2.45, 2.75) is 6.92 Å². The molecule has 4 rings (SSSR count). The first-order valence-electron chi connectivity index (χ1n) is 9.11. The van der Waals surface area contributed by atoms with Gasteiger partial charge in [-0.05, 0) is 25.1 Å². The number of nitrogens with one attached hydrogen (secondary N) is 1. The SMILES string of the molecule is CCOC(=O)c1cccc(Nc2nnc(-c3ccccc3)c3ccccc23)c1. The van der Waals surface area contributed by atoms with Gasteiger partial charge >= 0.3 is 5.97 Å². The second-order valence-electron chi connectivity index (χ2n) is 6.24. The van der Waals surface area contributed by atoms with Crippen molar-refractivity contribution in [3.63, 3.8) is 0 Å². The van der Waals surface area contributed by atoms with Crippen LogP contribution < -0.4 is 5.32 Å². The first-order valence-corrected chi connectivity index (χ1v) is 9.11. The Morgan fingerprint density at radius 1 is 0.893 bits per heavy atom. The number of fused-ring (bicyclic) bond motifs is 1. The van der Waals surface area contributed by atoms with E-state index >= 15 is 0 Å². The molecule has 0 spiro atoms. The molecule has 0 radical (unpaired) electrons. The van der Waals surface area contributed by atoms with Gasteiger partial charge in [0.15, 0.2) is 5.82 Å². The van der Waals surface area contributed by atoms with E-state index in [-0.39, 0.29) is 5.97 Å². The third kappa shape index (κ3) is 3.55. The van der Waals surface area contributed by atoms with Crippen molar-refractivity contribution < 1.29 is 9.53 Å². The highest BCUT2D eigenvalue weighted by molar-refractivity contribution is 6.01. The lowest BCUT2D eigenvalue weighted by Gasteiger charge is -2.12. The Morgan fingerprint density at radius 3 is 2.43 bits per heavy atom. The minimum Gasteiger partial charge on any atom is -0.462 e. The van der Waals surface area contributed by atoms with Crippen molar-refractivity contribution in [2.24, 2.45) is 0 Å². The van der Waals surface area contributed by atoms with Crippen LogP contribution in [0.3, 0.4) is 0 Å². The lowest BCUT2D eigenvalue weighted by Crippen LogP contribution is -2.05. The quantitative estimate of drug-likeness (QED) is 0.489. The topological polar surface area (TPSA) is 64.1 Å². The molecule has 3 aromatic carbocycles. The summed E-state index contributed by atoms with van der Waals surface area (Å²) in [6.45, 7) is 2.13. The minimum atomic E-state index is -0.346. The van der Waals surface area contributed by atoms with E-state index in [4.69, 9.17) is 4.74 Å². The predicted molar refractivity (Wildman–Crippen MR) is 111 cm³/mol. The van der Waals surface area contributed by atoms with E-state index in [2.05, 4.69) is 15.5 Å². The van der Waals surface area contributed by atoms with Gasteiger partial charge in [-0.2, -0.15) is 0 Å². The maximum absolute atomic E-state index is 12.0. The zero-order valence-electron chi connectivity index (χ0n) is 15.4. The highest BCUT2D eigenvalue weighted by atomic mass is 16.5. The smallest absolute Gasteiger partial charge is 0.338 e. The van der Waals surface area contributed by atoms with Crippen LogP contribution in [0.2, 0.25) is 0 Å². The maximum atomic E-state index is 12.0. The Morgan fingerprint density at radius 2 is 1.64 bits per heavy atom. The maximum Gasteiger partial charge on any atom is 0.338 e. The van der Waals surface area contributed by atoms with E-state index in [0.29, 0.717) is 18.0 Å². The van der Waals surface area contributed by atoms with Gasteiger partial charge in [-0.3, -0.25) is 0 Å². The number of carbonyl (C=O) groups is 1. The van der Waals surface area contributed by atoms with E-state index in [9.17, 15) is 4.79 Å². The number of hydrogen-bond acceptors (Lipinski definition) is 5. The average Bonchev–Trinajstić information content (AvgIpc) is 2.75. The van der Waals surface area contributed by atoms with E-state index in [1.807, 2.05) is 66.7 Å². The molecule has 0 atom stereocenters. The Kier molecular flexibility index (Phi) is 4.97. The Labute approximate surface area is 163 Å². The molecule has 0 fully saturated rings. The molecule has 0 bridgehead atoms. The van der Waals surface area contributed by atoms with Crippen LogP contribution in [-0.2, 0) is 4.74 Å². The molecule has 1 aromatic heterocycles. The number of esters is 1. The Balaban J connectivity index is 1.73. The fourth-order valence-electron chi connectivity index (χ4n) is 3.08. The lowest BCUT2D eigenvalue weighted by atomic mass is 10.0.